The quantitative estimate of drug-likeness (QED) is 0.762. The fourth-order valence-electron chi connectivity index (χ4n) is 1.53. The predicted octanol–water partition coefficient (Wildman–Crippen LogP) is 1.55. The van der Waals surface area contributed by atoms with E-state index in [0.29, 0.717) is 12.2 Å². The zero-order valence-electron chi connectivity index (χ0n) is 12.0. The van der Waals surface area contributed by atoms with Crippen LogP contribution in [0, 0.1) is 0 Å². The molecular weight excluding hydrogens is 296 g/mol. The summed E-state index contributed by atoms with van der Waals surface area (Å²) in [7, 11) is -4.65. The van der Waals surface area contributed by atoms with Crippen molar-refractivity contribution in [1.29, 1.82) is 0 Å². The SMILES string of the molecule is CCCNc1ccccc1S(=O)(=O)NCC(C)S(C)=O. The molecule has 0 fully saturated rings. The summed E-state index contributed by atoms with van der Waals surface area (Å²) in [6, 6.07) is 6.79. The van der Waals surface area contributed by atoms with Crippen LogP contribution >= 0.6 is 0 Å². The molecule has 0 aliphatic rings. The molecule has 2 unspecified atom stereocenters. The lowest BCUT2D eigenvalue weighted by molar-refractivity contribution is 0.581. The van der Waals surface area contributed by atoms with Crippen LogP contribution in [0.3, 0.4) is 0 Å². The Morgan fingerprint density at radius 3 is 2.55 bits per heavy atom. The number of hydrogen-bond donors (Lipinski definition) is 2. The number of nitrogens with one attached hydrogen (secondary N) is 2. The first-order valence-corrected chi connectivity index (χ1v) is 9.63. The molecule has 0 heterocycles. The Balaban J connectivity index is 2.89. The third-order valence-electron chi connectivity index (χ3n) is 2.87. The molecule has 0 saturated carbocycles. The van der Waals surface area contributed by atoms with Crippen molar-refractivity contribution in [1.82, 2.24) is 4.72 Å². The van der Waals surface area contributed by atoms with E-state index in [9.17, 15) is 12.6 Å². The summed E-state index contributed by atoms with van der Waals surface area (Å²) in [5.74, 6) is 0. The number of benzene rings is 1. The molecule has 1 aromatic rings. The van der Waals surface area contributed by atoms with Gasteiger partial charge in [-0.25, -0.2) is 13.1 Å². The van der Waals surface area contributed by atoms with Crippen LogP contribution < -0.4 is 10.0 Å². The van der Waals surface area contributed by atoms with Gasteiger partial charge in [0.25, 0.3) is 0 Å². The van der Waals surface area contributed by atoms with Gasteiger partial charge < -0.3 is 5.32 Å². The molecule has 0 radical (unpaired) electrons. The summed E-state index contributed by atoms with van der Waals surface area (Å²) in [5, 5.41) is 2.88. The smallest absolute Gasteiger partial charge is 0.242 e. The van der Waals surface area contributed by atoms with E-state index in [0.717, 1.165) is 6.42 Å². The summed E-state index contributed by atoms with van der Waals surface area (Å²) in [6.07, 6.45) is 2.48. The van der Waals surface area contributed by atoms with Gasteiger partial charge in [0.2, 0.25) is 10.0 Å². The van der Waals surface area contributed by atoms with Crippen LogP contribution in [0.25, 0.3) is 0 Å². The average molecular weight is 318 g/mol. The highest BCUT2D eigenvalue weighted by atomic mass is 32.2. The maximum absolute atomic E-state index is 12.3. The van der Waals surface area contributed by atoms with Gasteiger partial charge in [0.15, 0.2) is 0 Å². The van der Waals surface area contributed by atoms with Gasteiger partial charge in [0, 0.05) is 35.4 Å². The van der Waals surface area contributed by atoms with Crippen molar-refractivity contribution in [2.45, 2.75) is 30.4 Å². The first kappa shape index (κ1) is 17.1. The molecule has 0 amide bonds. The predicted molar refractivity (Wildman–Crippen MR) is 83.9 cm³/mol. The Kier molecular flexibility index (Phi) is 6.64. The minimum Gasteiger partial charge on any atom is -0.384 e. The summed E-state index contributed by atoms with van der Waals surface area (Å²) in [4.78, 5) is 0.225. The minimum atomic E-state index is -3.60. The van der Waals surface area contributed by atoms with Crippen LogP contribution in [-0.2, 0) is 20.8 Å². The highest BCUT2D eigenvalue weighted by Gasteiger charge is 2.19. The second-order valence-electron chi connectivity index (χ2n) is 4.58. The van der Waals surface area contributed by atoms with Crippen molar-refractivity contribution in [3.8, 4) is 0 Å². The molecule has 0 spiro atoms. The van der Waals surface area contributed by atoms with Crippen molar-refractivity contribution in [3.05, 3.63) is 24.3 Å². The molecule has 0 saturated heterocycles. The molecule has 5 nitrogen and oxygen atoms in total. The first-order chi connectivity index (χ1) is 9.38. The van der Waals surface area contributed by atoms with Gasteiger partial charge in [-0.2, -0.15) is 0 Å². The number of rotatable bonds is 8. The Hall–Kier alpha value is -0.920. The Bertz CT molecular complexity index is 558. The van der Waals surface area contributed by atoms with Crippen molar-refractivity contribution in [3.63, 3.8) is 0 Å². The fraction of sp³-hybridized carbons (Fsp3) is 0.538. The molecule has 7 heteroatoms. The molecule has 20 heavy (non-hydrogen) atoms. The maximum atomic E-state index is 12.3. The molecule has 1 rings (SSSR count). The summed E-state index contributed by atoms with van der Waals surface area (Å²) in [6.45, 7) is 4.63. The van der Waals surface area contributed by atoms with Crippen molar-refractivity contribution < 1.29 is 12.6 Å². The van der Waals surface area contributed by atoms with Gasteiger partial charge in [-0.3, -0.25) is 4.21 Å². The maximum Gasteiger partial charge on any atom is 0.242 e. The van der Waals surface area contributed by atoms with E-state index in [2.05, 4.69) is 10.0 Å². The molecule has 114 valence electrons. The van der Waals surface area contributed by atoms with Crippen LogP contribution in [0.5, 0.6) is 0 Å². The van der Waals surface area contributed by atoms with Crippen LogP contribution in [0.15, 0.2) is 29.2 Å². The van der Waals surface area contributed by atoms with E-state index in [4.69, 9.17) is 0 Å². The lowest BCUT2D eigenvalue weighted by Gasteiger charge is -2.14. The van der Waals surface area contributed by atoms with Crippen LogP contribution in [0.4, 0.5) is 5.69 Å². The molecular formula is C13H22N2O3S2. The van der Waals surface area contributed by atoms with Gasteiger partial charge in [0.1, 0.15) is 4.90 Å². The Morgan fingerprint density at radius 2 is 1.95 bits per heavy atom. The van der Waals surface area contributed by atoms with Gasteiger partial charge in [-0.15, -0.1) is 0 Å². The zero-order chi connectivity index (χ0) is 15.2. The van der Waals surface area contributed by atoms with Crippen molar-refractivity contribution in [2.24, 2.45) is 0 Å². The summed E-state index contributed by atoms with van der Waals surface area (Å²) < 4.78 is 38.4. The van der Waals surface area contributed by atoms with Gasteiger partial charge in [-0.1, -0.05) is 19.1 Å². The van der Waals surface area contributed by atoms with Crippen molar-refractivity contribution in [2.75, 3.05) is 24.7 Å². The summed E-state index contributed by atoms with van der Waals surface area (Å²) >= 11 is 0. The Labute approximate surface area is 123 Å². The Morgan fingerprint density at radius 1 is 1.30 bits per heavy atom. The second kappa shape index (κ2) is 7.75. The highest BCUT2D eigenvalue weighted by molar-refractivity contribution is 7.89. The largest absolute Gasteiger partial charge is 0.384 e. The van der Waals surface area contributed by atoms with E-state index in [1.807, 2.05) is 6.92 Å². The third kappa shape index (κ3) is 4.88. The highest BCUT2D eigenvalue weighted by Crippen LogP contribution is 2.20. The normalized spacial score (nSPS) is 14.8. The van der Waals surface area contributed by atoms with E-state index >= 15 is 0 Å². The topological polar surface area (TPSA) is 75.3 Å². The number of para-hydroxylation sites is 1. The monoisotopic (exact) mass is 318 g/mol. The van der Waals surface area contributed by atoms with E-state index in [1.54, 1.807) is 37.4 Å². The molecule has 2 atom stereocenters. The molecule has 0 bridgehead atoms. The van der Waals surface area contributed by atoms with E-state index in [-0.39, 0.29) is 16.7 Å². The van der Waals surface area contributed by atoms with Gasteiger partial charge >= 0.3 is 0 Å². The van der Waals surface area contributed by atoms with Gasteiger partial charge in [-0.05, 0) is 25.5 Å². The fourth-order valence-corrected chi connectivity index (χ4v) is 3.26. The second-order valence-corrected chi connectivity index (χ2v) is 8.12. The van der Waals surface area contributed by atoms with Crippen LogP contribution in [0.1, 0.15) is 20.3 Å². The first-order valence-electron chi connectivity index (χ1n) is 6.53. The van der Waals surface area contributed by atoms with E-state index < -0.39 is 20.8 Å². The van der Waals surface area contributed by atoms with Gasteiger partial charge in [0.05, 0.1) is 5.69 Å². The van der Waals surface area contributed by atoms with Crippen LogP contribution in [0.2, 0.25) is 0 Å². The summed E-state index contributed by atoms with van der Waals surface area (Å²) in [5.41, 5.74) is 0.590. The molecule has 0 aliphatic heterocycles. The molecule has 0 aliphatic carbocycles. The minimum absolute atomic E-state index is 0.160. The number of anilines is 1. The molecule has 1 aromatic carbocycles. The standard InChI is InChI=1S/C13H22N2O3S2/c1-4-9-14-12-7-5-6-8-13(12)20(17,18)15-10-11(2)19(3)16/h5-8,11,14-15H,4,9-10H2,1-3H3. The third-order valence-corrected chi connectivity index (χ3v) is 5.65. The zero-order valence-corrected chi connectivity index (χ0v) is 13.7. The lowest BCUT2D eigenvalue weighted by atomic mass is 10.3. The van der Waals surface area contributed by atoms with E-state index in [1.165, 1.54) is 0 Å². The van der Waals surface area contributed by atoms with Crippen molar-refractivity contribution >= 4 is 26.5 Å². The lowest BCUT2D eigenvalue weighted by Crippen LogP contribution is -2.33. The number of sulfonamides is 1. The average Bonchev–Trinajstić information content (AvgIpc) is 2.42. The number of hydrogen-bond acceptors (Lipinski definition) is 4. The molecule has 2 N–H and O–H groups in total. The van der Waals surface area contributed by atoms with Crippen LogP contribution in [-0.4, -0.2) is 37.2 Å². The molecule has 0 aromatic heterocycles.